The molecule has 0 atom stereocenters. The fourth-order valence-electron chi connectivity index (χ4n) is 1.18. The largest absolute Gasteiger partial charge is 0.508 e. The van der Waals surface area contributed by atoms with Crippen LogP contribution in [-0.2, 0) is 11.2 Å². The highest BCUT2D eigenvalue weighted by Crippen LogP contribution is 2.23. The van der Waals surface area contributed by atoms with Crippen molar-refractivity contribution in [2.75, 3.05) is 0 Å². The number of benzene rings is 1. The van der Waals surface area contributed by atoms with Crippen LogP contribution in [0.4, 0.5) is 8.78 Å². The van der Waals surface area contributed by atoms with Gasteiger partial charge in [-0.1, -0.05) is 0 Å². The Morgan fingerprint density at radius 2 is 2.13 bits per heavy atom. The number of aryl methyl sites for hydroxylation is 1. The normalized spacial score (nSPS) is 10.3. The summed E-state index contributed by atoms with van der Waals surface area (Å²) in [6.45, 7) is -2.93. The maximum absolute atomic E-state index is 11.9. The van der Waals surface area contributed by atoms with Crippen LogP contribution in [0.5, 0.6) is 11.5 Å². The highest BCUT2D eigenvalue weighted by Gasteiger charge is 2.06. The van der Waals surface area contributed by atoms with Gasteiger partial charge in [0.15, 0.2) is 0 Å². The second-order valence-electron chi connectivity index (χ2n) is 2.92. The molecule has 0 aliphatic rings. The molecule has 0 bridgehead atoms. The molecule has 1 aromatic carbocycles. The van der Waals surface area contributed by atoms with Crippen molar-refractivity contribution < 1.29 is 23.4 Å². The van der Waals surface area contributed by atoms with E-state index < -0.39 is 6.61 Å². The van der Waals surface area contributed by atoms with Crippen molar-refractivity contribution in [3.63, 3.8) is 0 Å². The molecule has 1 N–H and O–H groups in total. The number of phenols is 1. The maximum Gasteiger partial charge on any atom is 0.387 e. The quantitative estimate of drug-likeness (QED) is 0.767. The molecule has 0 aliphatic heterocycles. The number of hydrogen-bond acceptors (Lipinski definition) is 3. The Kier molecular flexibility index (Phi) is 4.03. The second kappa shape index (κ2) is 5.29. The molecule has 3 nitrogen and oxygen atoms in total. The molecule has 0 aromatic heterocycles. The molecule has 0 saturated carbocycles. The third-order valence-corrected chi connectivity index (χ3v) is 1.73. The van der Waals surface area contributed by atoms with Gasteiger partial charge in [-0.25, -0.2) is 0 Å². The molecule has 0 spiro atoms. The van der Waals surface area contributed by atoms with E-state index in [1.807, 2.05) is 0 Å². The fraction of sp³-hybridized carbons (Fsp3) is 0.300. The van der Waals surface area contributed by atoms with Gasteiger partial charge < -0.3 is 14.6 Å². The zero-order chi connectivity index (χ0) is 11.3. The molecule has 5 heteroatoms. The third kappa shape index (κ3) is 3.93. The van der Waals surface area contributed by atoms with Crippen molar-refractivity contribution in [1.82, 2.24) is 0 Å². The van der Waals surface area contributed by atoms with E-state index in [4.69, 9.17) is 0 Å². The van der Waals surface area contributed by atoms with Crippen LogP contribution < -0.4 is 4.74 Å². The molecule has 0 fully saturated rings. The number of carbonyl (C=O) groups is 1. The summed E-state index contributed by atoms with van der Waals surface area (Å²) in [5, 5.41) is 9.19. The van der Waals surface area contributed by atoms with Gasteiger partial charge in [-0.3, -0.25) is 0 Å². The average Bonchev–Trinajstić information content (AvgIpc) is 2.12. The van der Waals surface area contributed by atoms with Gasteiger partial charge in [0, 0.05) is 12.5 Å². The van der Waals surface area contributed by atoms with E-state index >= 15 is 0 Å². The first-order valence-corrected chi connectivity index (χ1v) is 4.33. The summed E-state index contributed by atoms with van der Waals surface area (Å²) in [7, 11) is 0. The zero-order valence-electron chi connectivity index (χ0n) is 7.82. The standard InChI is InChI=1S/C10H10F2O3/c11-10(12)15-9-5-7(2-1-3-13)4-8(14)6-9/h3-6,10,14H,1-2H2. The molecule has 0 radical (unpaired) electrons. The second-order valence-corrected chi connectivity index (χ2v) is 2.92. The minimum atomic E-state index is -2.93. The summed E-state index contributed by atoms with van der Waals surface area (Å²) >= 11 is 0. The van der Waals surface area contributed by atoms with Gasteiger partial charge in [0.25, 0.3) is 0 Å². The number of phenolic OH excluding ortho intramolecular Hbond substituents is 1. The Morgan fingerprint density at radius 3 is 2.73 bits per heavy atom. The topological polar surface area (TPSA) is 46.5 Å². The van der Waals surface area contributed by atoms with Crippen molar-refractivity contribution in [2.45, 2.75) is 19.5 Å². The molecule has 1 rings (SSSR count). The summed E-state index contributed by atoms with van der Waals surface area (Å²) in [5.74, 6) is -0.264. The molecular formula is C10H10F2O3. The predicted octanol–water partition coefficient (Wildman–Crippen LogP) is 2.13. The Bertz CT molecular complexity index is 339. The summed E-state index contributed by atoms with van der Waals surface area (Å²) in [4.78, 5) is 10.1. The summed E-state index contributed by atoms with van der Waals surface area (Å²) in [5.41, 5.74) is 0.581. The fourth-order valence-corrected chi connectivity index (χ4v) is 1.18. The monoisotopic (exact) mass is 216 g/mol. The lowest BCUT2D eigenvalue weighted by molar-refractivity contribution is -0.107. The number of aromatic hydroxyl groups is 1. The van der Waals surface area contributed by atoms with E-state index in [0.29, 0.717) is 12.0 Å². The first-order valence-electron chi connectivity index (χ1n) is 4.33. The Morgan fingerprint density at radius 1 is 1.40 bits per heavy atom. The lowest BCUT2D eigenvalue weighted by atomic mass is 10.1. The molecule has 15 heavy (non-hydrogen) atoms. The Hall–Kier alpha value is -1.65. The van der Waals surface area contributed by atoms with Crippen LogP contribution in [0.15, 0.2) is 18.2 Å². The van der Waals surface area contributed by atoms with Crippen LogP contribution in [-0.4, -0.2) is 18.0 Å². The molecule has 82 valence electrons. The molecular weight excluding hydrogens is 206 g/mol. The van der Waals surface area contributed by atoms with Crippen LogP contribution in [0.3, 0.4) is 0 Å². The van der Waals surface area contributed by atoms with E-state index in [0.717, 1.165) is 12.4 Å². The molecule has 0 amide bonds. The van der Waals surface area contributed by atoms with E-state index in [1.54, 1.807) is 0 Å². The van der Waals surface area contributed by atoms with Crippen molar-refractivity contribution in [3.8, 4) is 11.5 Å². The molecule has 0 aliphatic carbocycles. The SMILES string of the molecule is O=CCCc1cc(O)cc(OC(F)F)c1. The van der Waals surface area contributed by atoms with Gasteiger partial charge in [-0.2, -0.15) is 8.78 Å². The van der Waals surface area contributed by atoms with Crippen LogP contribution in [0.25, 0.3) is 0 Å². The number of carbonyl (C=O) groups excluding carboxylic acids is 1. The first-order chi connectivity index (χ1) is 7.11. The lowest BCUT2D eigenvalue weighted by Gasteiger charge is -2.07. The predicted molar refractivity (Wildman–Crippen MR) is 49.1 cm³/mol. The van der Waals surface area contributed by atoms with Gasteiger partial charge >= 0.3 is 6.61 Å². The van der Waals surface area contributed by atoms with Crippen LogP contribution >= 0.6 is 0 Å². The van der Waals surface area contributed by atoms with E-state index in [9.17, 15) is 18.7 Å². The summed E-state index contributed by atoms with van der Waals surface area (Å²) < 4.78 is 27.9. The summed E-state index contributed by atoms with van der Waals surface area (Å²) in [6.07, 6.45) is 1.38. The lowest BCUT2D eigenvalue weighted by Crippen LogP contribution is -2.02. The number of rotatable bonds is 5. The van der Waals surface area contributed by atoms with Crippen molar-refractivity contribution in [2.24, 2.45) is 0 Å². The third-order valence-electron chi connectivity index (χ3n) is 1.73. The van der Waals surface area contributed by atoms with E-state index in [1.165, 1.54) is 12.1 Å². The van der Waals surface area contributed by atoms with Crippen LogP contribution in [0, 0.1) is 0 Å². The maximum atomic E-state index is 11.9. The number of hydrogen-bond donors (Lipinski definition) is 1. The summed E-state index contributed by atoms with van der Waals surface area (Å²) in [6, 6.07) is 3.87. The molecule has 0 unspecified atom stereocenters. The van der Waals surface area contributed by atoms with Gasteiger partial charge in [0.2, 0.25) is 0 Å². The number of halogens is 2. The zero-order valence-corrected chi connectivity index (χ0v) is 7.82. The Labute approximate surface area is 85.3 Å². The van der Waals surface area contributed by atoms with Gasteiger partial charge in [0.05, 0.1) is 0 Å². The number of aldehydes is 1. The van der Waals surface area contributed by atoms with Gasteiger partial charge in [-0.05, 0) is 24.1 Å². The minimum Gasteiger partial charge on any atom is -0.508 e. The van der Waals surface area contributed by atoms with Gasteiger partial charge in [0.1, 0.15) is 17.8 Å². The van der Waals surface area contributed by atoms with E-state index in [-0.39, 0.29) is 17.9 Å². The first kappa shape index (κ1) is 11.4. The average molecular weight is 216 g/mol. The van der Waals surface area contributed by atoms with E-state index in [2.05, 4.69) is 4.74 Å². The molecule has 0 saturated heterocycles. The van der Waals surface area contributed by atoms with Crippen LogP contribution in [0.2, 0.25) is 0 Å². The smallest absolute Gasteiger partial charge is 0.387 e. The number of alkyl halides is 2. The van der Waals surface area contributed by atoms with Gasteiger partial charge in [-0.15, -0.1) is 0 Å². The highest BCUT2D eigenvalue weighted by molar-refractivity contribution is 5.50. The minimum absolute atomic E-state index is 0.106. The van der Waals surface area contributed by atoms with Crippen molar-refractivity contribution >= 4 is 6.29 Å². The van der Waals surface area contributed by atoms with Crippen molar-refractivity contribution in [3.05, 3.63) is 23.8 Å². The van der Waals surface area contributed by atoms with Crippen molar-refractivity contribution in [1.29, 1.82) is 0 Å². The number of ether oxygens (including phenoxy) is 1. The highest BCUT2D eigenvalue weighted by atomic mass is 19.3. The molecule has 0 heterocycles. The Balaban J connectivity index is 2.79. The molecule has 1 aromatic rings. The van der Waals surface area contributed by atoms with Crippen LogP contribution in [0.1, 0.15) is 12.0 Å².